The Labute approximate surface area is 215 Å². The molecule has 9 heteroatoms. The van der Waals surface area contributed by atoms with E-state index >= 15 is 0 Å². The van der Waals surface area contributed by atoms with Gasteiger partial charge in [-0.05, 0) is 55.5 Å². The van der Waals surface area contributed by atoms with Crippen LogP contribution in [0.3, 0.4) is 0 Å². The predicted octanol–water partition coefficient (Wildman–Crippen LogP) is 4.44. The van der Waals surface area contributed by atoms with Gasteiger partial charge in [0.1, 0.15) is 5.82 Å². The molecule has 0 bridgehead atoms. The lowest BCUT2D eigenvalue weighted by Crippen LogP contribution is -2.26. The number of aryl methyl sites for hydroxylation is 2. The predicted molar refractivity (Wildman–Crippen MR) is 142 cm³/mol. The Bertz CT molecular complexity index is 1560. The van der Waals surface area contributed by atoms with Gasteiger partial charge in [-0.3, -0.25) is 4.79 Å². The number of rotatable bonds is 7. The minimum atomic E-state index is -3.13. The maximum absolute atomic E-state index is 13.4. The van der Waals surface area contributed by atoms with E-state index in [2.05, 4.69) is 17.3 Å². The van der Waals surface area contributed by atoms with E-state index in [-0.39, 0.29) is 29.3 Å². The highest BCUT2D eigenvalue weighted by Crippen LogP contribution is 2.32. The first-order valence-electron chi connectivity index (χ1n) is 12.5. The lowest BCUT2D eigenvalue weighted by molar-refractivity contribution is 0.0955. The highest BCUT2D eigenvalue weighted by molar-refractivity contribution is 7.91. The van der Waals surface area contributed by atoms with E-state index in [0.29, 0.717) is 47.4 Å². The summed E-state index contributed by atoms with van der Waals surface area (Å²) < 4.78 is 39.3. The molecule has 1 saturated heterocycles. The van der Waals surface area contributed by atoms with Crippen LogP contribution in [0, 0.1) is 12.7 Å². The standard InChI is InChI=1S/C28H29FN4O3S/c1-3-19-4-8-21(9-5-19)25-16-24(28(34)30-14-12-20-6-10-22(29)11-7-20)26-18(2)32-33(27(26)31-25)23-13-15-37(35,36)17-23/h4-11,16,23H,3,12-15,17H2,1-2H3,(H,30,34). The van der Waals surface area contributed by atoms with Gasteiger partial charge in [0, 0.05) is 12.1 Å². The molecule has 1 unspecified atom stereocenters. The normalized spacial score (nSPS) is 16.8. The number of carbonyl (C=O) groups is 1. The SMILES string of the molecule is CCc1ccc(-c2cc(C(=O)NCCc3ccc(F)cc3)c3c(C)nn(C4CCS(=O)(=O)C4)c3n2)cc1. The number of sulfone groups is 1. The average molecular weight is 521 g/mol. The van der Waals surface area contributed by atoms with Crippen LogP contribution in [0.2, 0.25) is 0 Å². The second-order valence-electron chi connectivity index (χ2n) is 9.52. The van der Waals surface area contributed by atoms with Crippen molar-refractivity contribution in [2.24, 2.45) is 0 Å². The first-order chi connectivity index (χ1) is 17.7. The Balaban J connectivity index is 1.53. The van der Waals surface area contributed by atoms with Gasteiger partial charge in [-0.2, -0.15) is 5.10 Å². The number of hydrogen-bond donors (Lipinski definition) is 1. The zero-order chi connectivity index (χ0) is 26.2. The number of nitrogens with one attached hydrogen (secondary N) is 1. The van der Waals surface area contributed by atoms with Crippen LogP contribution >= 0.6 is 0 Å². The first kappa shape index (κ1) is 25.1. The molecule has 2 aromatic heterocycles. The molecule has 1 N–H and O–H groups in total. The van der Waals surface area contributed by atoms with Gasteiger partial charge < -0.3 is 5.32 Å². The fourth-order valence-electron chi connectivity index (χ4n) is 4.84. The molecule has 1 amide bonds. The molecule has 0 radical (unpaired) electrons. The number of fused-ring (bicyclic) bond motifs is 1. The van der Waals surface area contributed by atoms with Crippen LogP contribution in [0.25, 0.3) is 22.3 Å². The number of pyridine rings is 1. The number of nitrogens with zero attached hydrogens (tertiary/aromatic N) is 3. The smallest absolute Gasteiger partial charge is 0.252 e. The fraction of sp³-hybridized carbons (Fsp3) is 0.321. The van der Waals surface area contributed by atoms with Gasteiger partial charge in [0.25, 0.3) is 5.91 Å². The topological polar surface area (TPSA) is 94.0 Å². The van der Waals surface area contributed by atoms with Crippen molar-refractivity contribution in [3.8, 4) is 11.3 Å². The second-order valence-corrected chi connectivity index (χ2v) is 11.8. The summed E-state index contributed by atoms with van der Waals surface area (Å²) in [4.78, 5) is 18.3. The Morgan fingerprint density at radius 3 is 2.46 bits per heavy atom. The van der Waals surface area contributed by atoms with Crippen molar-refractivity contribution in [1.29, 1.82) is 0 Å². The largest absolute Gasteiger partial charge is 0.352 e. The summed E-state index contributed by atoms with van der Waals surface area (Å²) in [5.41, 5.74) is 5.20. The third-order valence-corrected chi connectivity index (χ3v) is 8.66. The van der Waals surface area contributed by atoms with Crippen molar-refractivity contribution in [1.82, 2.24) is 20.1 Å². The summed E-state index contributed by atoms with van der Waals surface area (Å²) in [7, 11) is -3.13. The summed E-state index contributed by atoms with van der Waals surface area (Å²) in [6.45, 7) is 4.28. The van der Waals surface area contributed by atoms with Gasteiger partial charge in [-0.1, -0.05) is 43.3 Å². The zero-order valence-corrected chi connectivity index (χ0v) is 21.7. The van der Waals surface area contributed by atoms with Crippen molar-refractivity contribution in [3.05, 3.63) is 82.8 Å². The van der Waals surface area contributed by atoms with Gasteiger partial charge in [0.2, 0.25) is 0 Å². The van der Waals surface area contributed by atoms with E-state index in [0.717, 1.165) is 17.5 Å². The zero-order valence-electron chi connectivity index (χ0n) is 20.9. The molecule has 1 aliphatic heterocycles. The van der Waals surface area contributed by atoms with Crippen LogP contribution in [0.5, 0.6) is 0 Å². The maximum atomic E-state index is 13.4. The van der Waals surface area contributed by atoms with E-state index < -0.39 is 9.84 Å². The van der Waals surface area contributed by atoms with Gasteiger partial charge in [0.05, 0.1) is 39.9 Å². The minimum absolute atomic E-state index is 0.0134. The van der Waals surface area contributed by atoms with E-state index in [9.17, 15) is 17.6 Å². The summed E-state index contributed by atoms with van der Waals surface area (Å²) in [6, 6.07) is 15.7. The monoisotopic (exact) mass is 520 g/mol. The summed E-state index contributed by atoms with van der Waals surface area (Å²) in [5.74, 6) is -0.427. The molecule has 1 atom stereocenters. The number of carbonyl (C=O) groups excluding carboxylic acids is 1. The van der Waals surface area contributed by atoms with Gasteiger partial charge >= 0.3 is 0 Å². The van der Waals surface area contributed by atoms with Crippen LogP contribution in [0.1, 0.15) is 46.6 Å². The van der Waals surface area contributed by atoms with Crippen LogP contribution in [-0.4, -0.2) is 47.1 Å². The molecule has 1 fully saturated rings. The molecule has 2 aromatic carbocycles. The van der Waals surface area contributed by atoms with Crippen molar-refractivity contribution >= 4 is 26.8 Å². The lowest BCUT2D eigenvalue weighted by atomic mass is 10.0. The third-order valence-electron chi connectivity index (χ3n) is 6.91. The van der Waals surface area contributed by atoms with E-state index in [1.807, 2.05) is 31.2 Å². The van der Waals surface area contributed by atoms with Crippen molar-refractivity contribution in [2.45, 2.75) is 39.2 Å². The summed E-state index contributed by atoms with van der Waals surface area (Å²) in [5, 5.41) is 8.25. The first-order valence-corrected chi connectivity index (χ1v) is 14.3. The van der Waals surface area contributed by atoms with Crippen molar-refractivity contribution in [2.75, 3.05) is 18.1 Å². The molecule has 0 saturated carbocycles. The van der Waals surface area contributed by atoms with Crippen LogP contribution < -0.4 is 5.32 Å². The summed E-state index contributed by atoms with van der Waals surface area (Å²) in [6.07, 6.45) is 1.94. The molecular formula is C28H29FN4O3S. The van der Waals surface area contributed by atoms with E-state index in [1.165, 1.54) is 17.7 Å². The molecule has 0 spiro atoms. The molecule has 0 aliphatic carbocycles. The van der Waals surface area contributed by atoms with E-state index in [1.54, 1.807) is 22.9 Å². The van der Waals surface area contributed by atoms with Crippen molar-refractivity contribution in [3.63, 3.8) is 0 Å². The molecule has 5 rings (SSSR count). The molecule has 37 heavy (non-hydrogen) atoms. The van der Waals surface area contributed by atoms with Gasteiger partial charge in [0.15, 0.2) is 15.5 Å². The van der Waals surface area contributed by atoms with Gasteiger partial charge in [-0.15, -0.1) is 0 Å². The minimum Gasteiger partial charge on any atom is -0.352 e. The molecule has 4 aromatic rings. The molecular weight excluding hydrogens is 491 g/mol. The van der Waals surface area contributed by atoms with Crippen LogP contribution in [0.4, 0.5) is 4.39 Å². The molecule has 7 nitrogen and oxygen atoms in total. The number of halogens is 1. The third kappa shape index (κ3) is 5.27. The number of hydrogen-bond acceptors (Lipinski definition) is 5. The quantitative estimate of drug-likeness (QED) is 0.389. The molecule has 3 heterocycles. The second kappa shape index (κ2) is 10.0. The lowest BCUT2D eigenvalue weighted by Gasteiger charge is -2.13. The summed E-state index contributed by atoms with van der Waals surface area (Å²) >= 11 is 0. The average Bonchev–Trinajstić information content (AvgIpc) is 3.43. The molecule has 1 aliphatic rings. The maximum Gasteiger partial charge on any atom is 0.252 e. The van der Waals surface area contributed by atoms with E-state index in [4.69, 9.17) is 4.98 Å². The fourth-order valence-corrected chi connectivity index (χ4v) is 6.53. The number of amides is 1. The highest BCUT2D eigenvalue weighted by Gasteiger charge is 2.32. The highest BCUT2D eigenvalue weighted by atomic mass is 32.2. The van der Waals surface area contributed by atoms with Crippen molar-refractivity contribution < 1.29 is 17.6 Å². The Morgan fingerprint density at radius 1 is 1.11 bits per heavy atom. The Morgan fingerprint density at radius 2 is 1.81 bits per heavy atom. The Kier molecular flexibility index (Phi) is 6.81. The number of aromatic nitrogens is 3. The Hall–Kier alpha value is -3.59. The van der Waals surface area contributed by atoms with Gasteiger partial charge in [-0.25, -0.2) is 22.5 Å². The van der Waals surface area contributed by atoms with Crippen LogP contribution in [-0.2, 0) is 22.7 Å². The number of benzene rings is 2. The molecule has 192 valence electrons. The van der Waals surface area contributed by atoms with Crippen LogP contribution in [0.15, 0.2) is 54.6 Å².